The van der Waals surface area contributed by atoms with E-state index in [1.165, 1.54) is 5.56 Å². The van der Waals surface area contributed by atoms with Crippen LogP contribution in [0.4, 0.5) is 4.79 Å². The zero-order chi connectivity index (χ0) is 12.0. The van der Waals surface area contributed by atoms with E-state index in [4.69, 9.17) is 0 Å². The number of rotatable bonds is 4. The smallest absolute Gasteiger partial charge is 0.317 e. The monoisotopic (exact) mass is 220 g/mol. The Kier molecular flexibility index (Phi) is 4.83. The van der Waals surface area contributed by atoms with E-state index in [1.54, 1.807) is 11.9 Å². The number of urea groups is 1. The number of amides is 2. The van der Waals surface area contributed by atoms with E-state index >= 15 is 0 Å². The zero-order valence-electron chi connectivity index (χ0n) is 10.2. The summed E-state index contributed by atoms with van der Waals surface area (Å²) in [6, 6.07) is 10.2. The van der Waals surface area contributed by atoms with Crippen LogP contribution in [-0.2, 0) is 0 Å². The van der Waals surface area contributed by atoms with Gasteiger partial charge in [-0.3, -0.25) is 0 Å². The lowest BCUT2D eigenvalue weighted by Crippen LogP contribution is -2.38. The van der Waals surface area contributed by atoms with E-state index in [0.29, 0.717) is 12.5 Å². The molecular weight excluding hydrogens is 200 g/mol. The minimum atomic E-state index is -0.00900. The second-order valence-electron chi connectivity index (χ2n) is 4.01. The van der Waals surface area contributed by atoms with Crippen LogP contribution in [0.25, 0.3) is 0 Å². The van der Waals surface area contributed by atoms with Crippen molar-refractivity contribution < 1.29 is 4.79 Å². The molecule has 3 nitrogen and oxygen atoms in total. The van der Waals surface area contributed by atoms with E-state index < -0.39 is 0 Å². The van der Waals surface area contributed by atoms with Gasteiger partial charge in [0.05, 0.1) is 0 Å². The molecule has 1 rings (SSSR count). The molecule has 0 bridgehead atoms. The average molecular weight is 220 g/mol. The first-order valence-corrected chi connectivity index (χ1v) is 5.69. The normalized spacial score (nSPS) is 11.9. The van der Waals surface area contributed by atoms with Gasteiger partial charge in [0.15, 0.2) is 0 Å². The molecule has 16 heavy (non-hydrogen) atoms. The van der Waals surface area contributed by atoms with E-state index in [2.05, 4.69) is 24.4 Å². The Morgan fingerprint density at radius 3 is 2.56 bits per heavy atom. The van der Waals surface area contributed by atoms with Crippen LogP contribution in [-0.4, -0.2) is 31.1 Å². The molecule has 0 heterocycles. The van der Waals surface area contributed by atoms with E-state index in [1.807, 2.05) is 25.1 Å². The Balaban J connectivity index is 2.42. The second kappa shape index (κ2) is 6.16. The molecule has 0 aliphatic carbocycles. The molecule has 0 unspecified atom stereocenters. The van der Waals surface area contributed by atoms with Gasteiger partial charge in [0.2, 0.25) is 0 Å². The summed E-state index contributed by atoms with van der Waals surface area (Å²) in [5.41, 5.74) is 1.25. The highest BCUT2D eigenvalue weighted by molar-refractivity contribution is 5.73. The number of hydrogen-bond acceptors (Lipinski definition) is 1. The van der Waals surface area contributed by atoms with Crippen LogP contribution in [0, 0.1) is 0 Å². The molecule has 0 aliphatic rings. The Morgan fingerprint density at radius 1 is 1.38 bits per heavy atom. The van der Waals surface area contributed by atoms with Crippen LogP contribution in [0.15, 0.2) is 30.3 Å². The van der Waals surface area contributed by atoms with Gasteiger partial charge in [-0.15, -0.1) is 0 Å². The predicted octanol–water partition coefficient (Wildman–Crippen LogP) is 2.45. The predicted molar refractivity (Wildman–Crippen MR) is 66.6 cm³/mol. The van der Waals surface area contributed by atoms with Gasteiger partial charge >= 0.3 is 6.03 Å². The molecule has 2 amide bonds. The summed E-state index contributed by atoms with van der Waals surface area (Å²) in [5, 5.41) is 2.92. The summed E-state index contributed by atoms with van der Waals surface area (Å²) < 4.78 is 0. The molecule has 3 heteroatoms. The van der Waals surface area contributed by atoms with Crippen LogP contribution in [0.1, 0.15) is 25.3 Å². The quantitative estimate of drug-likeness (QED) is 0.830. The number of carbonyl (C=O) groups excluding carboxylic acids is 1. The van der Waals surface area contributed by atoms with Gasteiger partial charge in [-0.2, -0.15) is 0 Å². The van der Waals surface area contributed by atoms with Crippen molar-refractivity contribution >= 4 is 6.03 Å². The third-order valence-corrected chi connectivity index (χ3v) is 2.75. The molecule has 0 fully saturated rings. The molecule has 88 valence electrons. The number of carbonyl (C=O) groups is 1. The molecule has 0 aliphatic heterocycles. The van der Waals surface area contributed by atoms with Crippen LogP contribution < -0.4 is 5.32 Å². The Hall–Kier alpha value is -1.51. The van der Waals surface area contributed by atoms with Crippen molar-refractivity contribution in [1.82, 2.24) is 10.2 Å². The molecule has 0 saturated carbocycles. The summed E-state index contributed by atoms with van der Waals surface area (Å²) in [6.45, 7) is 5.47. The van der Waals surface area contributed by atoms with Crippen molar-refractivity contribution in [2.75, 3.05) is 20.1 Å². The van der Waals surface area contributed by atoms with E-state index in [9.17, 15) is 4.79 Å². The summed E-state index contributed by atoms with van der Waals surface area (Å²) in [6.07, 6.45) is 0. The molecular formula is C13H20N2O. The minimum Gasteiger partial charge on any atom is -0.337 e. The molecule has 0 saturated heterocycles. The third kappa shape index (κ3) is 3.57. The standard InChI is InChI=1S/C13H20N2O/c1-4-15(3)13(16)14-10-11(2)12-8-6-5-7-9-12/h5-9,11H,4,10H2,1-3H3,(H,14,16)/t11-/m0/s1. The van der Waals surface area contributed by atoms with Crippen molar-refractivity contribution in [1.29, 1.82) is 0 Å². The highest BCUT2D eigenvalue weighted by atomic mass is 16.2. The van der Waals surface area contributed by atoms with Gasteiger partial charge in [-0.25, -0.2) is 4.79 Å². The van der Waals surface area contributed by atoms with Crippen molar-refractivity contribution in [2.24, 2.45) is 0 Å². The number of hydrogen-bond donors (Lipinski definition) is 1. The lowest BCUT2D eigenvalue weighted by Gasteiger charge is -2.18. The Morgan fingerprint density at radius 2 is 2.00 bits per heavy atom. The second-order valence-corrected chi connectivity index (χ2v) is 4.01. The summed E-state index contributed by atoms with van der Waals surface area (Å²) in [4.78, 5) is 13.2. The topological polar surface area (TPSA) is 32.3 Å². The first-order chi connectivity index (χ1) is 7.65. The maximum atomic E-state index is 11.5. The first kappa shape index (κ1) is 12.6. The number of nitrogens with zero attached hydrogens (tertiary/aromatic N) is 1. The van der Waals surface area contributed by atoms with Gasteiger partial charge < -0.3 is 10.2 Å². The lowest BCUT2D eigenvalue weighted by atomic mass is 10.0. The van der Waals surface area contributed by atoms with Crippen molar-refractivity contribution in [3.63, 3.8) is 0 Å². The SMILES string of the molecule is CCN(C)C(=O)NC[C@H](C)c1ccccc1. The molecule has 0 aromatic heterocycles. The minimum absolute atomic E-state index is 0.00900. The van der Waals surface area contributed by atoms with Crippen molar-refractivity contribution in [3.8, 4) is 0 Å². The van der Waals surface area contributed by atoms with E-state index in [0.717, 1.165) is 6.54 Å². The molecule has 0 radical (unpaired) electrons. The number of benzene rings is 1. The van der Waals surface area contributed by atoms with E-state index in [-0.39, 0.29) is 6.03 Å². The lowest BCUT2D eigenvalue weighted by molar-refractivity contribution is 0.210. The van der Waals surface area contributed by atoms with Gasteiger partial charge in [-0.1, -0.05) is 37.3 Å². The first-order valence-electron chi connectivity index (χ1n) is 5.69. The summed E-state index contributed by atoms with van der Waals surface area (Å²) in [5.74, 6) is 0.343. The molecule has 1 atom stereocenters. The van der Waals surface area contributed by atoms with Crippen molar-refractivity contribution in [3.05, 3.63) is 35.9 Å². The Bertz CT molecular complexity index is 324. The largest absolute Gasteiger partial charge is 0.337 e. The van der Waals surface area contributed by atoms with Crippen LogP contribution in [0.5, 0.6) is 0 Å². The van der Waals surface area contributed by atoms with Crippen LogP contribution in [0.3, 0.4) is 0 Å². The molecule has 1 N–H and O–H groups in total. The maximum Gasteiger partial charge on any atom is 0.317 e. The highest BCUT2D eigenvalue weighted by Gasteiger charge is 2.09. The van der Waals surface area contributed by atoms with Gasteiger partial charge in [0.1, 0.15) is 0 Å². The highest BCUT2D eigenvalue weighted by Crippen LogP contribution is 2.12. The zero-order valence-corrected chi connectivity index (χ0v) is 10.2. The van der Waals surface area contributed by atoms with Crippen molar-refractivity contribution in [2.45, 2.75) is 19.8 Å². The summed E-state index contributed by atoms with van der Waals surface area (Å²) >= 11 is 0. The average Bonchev–Trinajstić information content (AvgIpc) is 2.35. The van der Waals surface area contributed by atoms with Gasteiger partial charge in [0, 0.05) is 20.1 Å². The fourth-order valence-electron chi connectivity index (χ4n) is 1.42. The van der Waals surface area contributed by atoms with Crippen LogP contribution >= 0.6 is 0 Å². The fraction of sp³-hybridized carbons (Fsp3) is 0.462. The third-order valence-electron chi connectivity index (χ3n) is 2.75. The molecule has 0 spiro atoms. The van der Waals surface area contributed by atoms with Gasteiger partial charge in [0.25, 0.3) is 0 Å². The Labute approximate surface area is 97.5 Å². The molecule has 1 aromatic carbocycles. The maximum absolute atomic E-state index is 11.5. The van der Waals surface area contributed by atoms with Gasteiger partial charge in [-0.05, 0) is 18.4 Å². The summed E-state index contributed by atoms with van der Waals surface area (Å²) in [7, 11) is 1.79. The fourth-order valence-corrected chi connectivity index (χ4v) is 1.42. The number of nitrogens with one attached hydrogen (secondary N) is 1. The van der Waals surface area contributed by atoms with Crippen LogP contribution in [0.2, 0.25) is 0 Å². The molecule has 1 aromatic rings.